The number of aryl methyl sites for hydroxylation is 1. The first-order chi connectivity index (χ1) is 9.71. The summed E-state index contributed by atoms with van der Waals surface area (Å²) < 4.78 is 4.86. The van der Waals surface area contributed by atoms with E-state index in [4.69, 9.17) is 4.74 Å². The van der Waals surface area contributed by atoms with Crippen LogP contribution in [0.25, 0.3) is 0 Å². The molecule has 0 spiro atoms. The Morgan fingerprint density at radius 3 is 2.60 bits per heavy atom. The van der Waals surface area contributed by atoms with Crippen LogP contribution in [-0.2, 0) is 4.74 Å². The third kappa shape index (κ3) is 5.09. The molecule has 0 N–H and O–H groups in total. The van der Waals surface area contributed by atoms with Gasteiger partial charge < -0.3 is 4.74 Å². The maximum atomic E-state index is 4.86. The zero-order valence-electron chi connectivity index (χ0n) is 12.0. The highest BCUT2D eigenvalue weighted by atomic mass is 16.5. The first-order valence-corrected chi connectivity index (χ1v) is 6.17. The molecule has 0 saturated heterocycles. The average Bonchev–Trinajstić information content (AvgIpc) is 2.48. The third-order valence-electron chi connectivity index (χ3n) is 2.48. The molecule has 0 unspecified atom stereocenters. The van der Waals surface area contributed by atoms with Crippen LogP contribution in [0.5, 0.6) is 0 Å². The van der Waals surface area contributed by atoms with Crippen LogP contribution < -0.4 is 0 Å². The van der Waals surface area contributed by atoms with Gasteiger partial charge >= 0.3 is 0 Å². The minimum atomic E-state index is 0.402. The molecule has 4 heteroatoms. The Balaban J connectivity index is 2.85. The van der Waals surface area contributed by atoms with Gasteiger partial charge in [-0.05, 0) is 13.6 Å². The molecule has 4 nitrogen and oxygen atoms in total. The molecule has 0 aliphatic heterocycles. The number of hydrogen-bond acceptors (Lipinski definition) is 3. The van der Waals surface area contributed by atoms with Crippen LogP contribution in [0.1, 0.15) is 11.1 Å². The maximum Gasteiger partial charge on any atom is 0.178 e. The second-order valence-electron chi connectivity index (χ2n) is 4.01. The van der Waals surface area contributed by atoms with E-state index in [9.17, 15) is 0 Å². The summed E-state index contributed by atoms with van der Waals surface area (Å²) in [5.74, 6) is 6.34. The Morgan fingerprint density at radius 2 is 2.05 bits per heavy atom. The van der Waals surface area contributed by atoms with E-state index in [2.05, 4.69) is 35.2 Å². The van der Waals surface area contributed by atoms with E-state index in [0.717, 1.165) is 5.56 Å². The van der Waals surface area contributed by atoms with Gasteiger partial charge in [-0.1, -0.05) is 48.2 Å². The van der Waals surface area contributed by atoms with Gasteiger partial charge in [-0.25, -0.2) is 4.99 Å². The first kappa shape index (κ1) is 15.7. The molecular weight excluding hydrogens is 250 g/mol. The number of benzene rings is 1. The molecule has 1 aromatic rings. The molecule has 0 heterocycles. The summed E-state index contributed by atoms with van der Waals surface area (Å²) in [6, 6.07) is 7.93. The lowest BCUT2D eigenvalue weighted by molar-refractivity contribution is 0.239. The highest BCUT2D eigenvalue weighted by Gasteiger charge is 2.02. The van der Waals surface area contributed by atoms with Crippen molar-refractivity contribution < 1.29 is 4.74 Å². The molecule has 20 heavy (non-hydrogen) atoms. The average molecular weight is 269 g/mol. The largest absolute Gasteiger partial charge is 0.372 e. The summed E-state index contributed by atoms with van der Waals surface area (Å²) in [4.78, 5) is 3.96. The van der Waals surface area contributed by atoms with Crippen molar-refractivity contribution in [2.75, 3.05) is 20.3 Å². The van der Waals surface area contributed by atoms with Crippen molar-refractivity contribution in [3.63, 3.8) is 0 Å². The Bertz CT molecular complexity index is 535. The van der Waals surface area contributed by atoms with Crippen molar-refractivity contribution in [2.24, 2.45) is 10.1 Å². The second kappa shape index (κ2) is 8.68. The molecule has 0 aliphatic carbocycles. The number of methoxy groups -OCH3 is 1. The minimum absolute atomic E-state index is 0.402. The predicted molar refractivity (Wildman–Crippen MR) is 83.8 cm³/mol. The molecule has 104 valence electrons. The van der Waals surface area contributed by atoms with E-state index >= 15 is 0 Å². The minimum Gasteiger partial charge on any atom is -0.372 e. The fourth-order valence-corrected chi connectivity index (χ4v) is 1.41. The van der Waals surface area contributed by atoms with Gasteiger partial charge in [-0.15, -0.1) is 0 Å². The summed E-state index contributed by atoms with van der Waals surface area (Å²) in [6.07, 6.45) is 1.60. The molecule has 1 rings (SSSR count). The van der Waals surface area contributed by atoms with Gasteiger partial charge in [-0.2, -0.15) is 5.10 Å². The molecule has 0 radical (unpaired) electrons. The zero-order chi connectivity index (χ0) is 14.8. The smallest absolute Gasteiger partial charge is 0.178 e. The monoisotopic (exact) mass is 269 g/mol. The number of amidine groups is 1. The van der Waals surface area contributed by atoms with Crippen molar-refractivity contribution in [3.8, 4) is 11.8 Å². The summed E-state index contributed by atoms with van der Waals surface area (Å²) >= 11 is 0. The third-order valence-corrected chi connectivity index (χ3v) is 2.48. The SMILES string of the molecule is C=CN(CC#CCOC)/N=C(\N=C)c1ccc(C)cc1. The van der Waals surface area contributed by atoms with E-state index in [1.165, 1.54) is 5.56 Å². The maximum absolute atomic E-state index is 4.86. The van der Waals surface area contributed by atoms with Crippen LogP contribution in [-0.4, -0.2) is 37.8 Å². The quantitative estimate of drug-likeness (QED) is 0.356. The second-order valence-corrected chi connectivity index (χ2v) is 4.01. The van der Waals surface area contributed by atoms with Gasteiger partial charge in [0.25, 0.3) is 0 Å². The Labute approximate surface area is 120 Å². The van der Waals surface area contributed by atoms with E-state index in [-0.39, 0.29) is 0 Å². The number of rotatable bonds is 5. The van der Waals surface area contributed by atoms with E-state index in [1.807, 2.05) is 31.2 Å². The molecular formula is C16H19N3O. The number of nitrogens with zero attached hydrogens (tertiary/aromatic N) is 3. The van der Waals surface area contributed by atoms with Gasteiger partial charge in [0.2, 0.25) is 0 Å². The first-order valence-electron chi connectivity index (χ1n) is 6.17. The fraction of sp³-hybridized carbons (Fsp3) is 0.250. The topological polar surface area (TPSA) is 37.2 Å². The van der Waals surface area contributed by atoms with Gasteiger partial charge in [0.1, 0.15) is 13.2 Å². The van der Waals surface area contributed by atoms with Crippen LogP contribution in [0.4, 0.5) is 0 Å². The molecule has 0 saturated carbocycles. The van der Waals surface area contributed by atoms with Crippen LogP contribution in [0.15, 0.2) is 47.1 Å². The van der Waals surface area contributed by atoms with Crippen molar-refractivity contribution in [3.05, 3.63) is 48.2 Å². The standard InChI is InChI=1S/C16H19N3O/c1-5-19(12-6-7-13-20-4)18-16(17-3)15-10-8-14(2)9-11-15/h5,8-11H,1,3,12-13H2,2,4H3/b18-16-. The van der Waals surface area contributed by atoms with Crippen molar-refractivity contribution in [1.29, 1.82) is 0 Å². The van der Waals surface area contributed by atoms with E-state index in [0.29, 0.717) is 19.0 Å². The summed E-state index contributed by atoms with van der Waals surface area (Å²) in [6.45, 7) is 10.1. The molecule has 0 atom stereocenters. The van der Waals surface area contributed by atoms with E-state index < -0.39 is 0 Å². The lowest BCUT2D eigenvalue weighted by Gasteiger charge is -2.11. The zero-order valence-corrected chi connectivity index (χ0v) is 12.0. The highest BCUT2D eigenvalue weighted by Crippen LogP contribution is 2.07. The molecule has 0 bridgehead atoms. The molecule has 0 aromatic heterocycles. The normalized spacial score (nSPS) is 10.4. The summed E-state index contributed by atoms with van der Waals surface area (Å²) in [7, 11) is 1.61. The predicted octanol–water partition coefficient (Wildman–Crippen LogP) is 2.45. The number of hydrogen-bond donors (Lipinski definition) is 0. The van der Waals surface area contributed by atoms with Crippen LogP contribution >= 0.6 is 0 Å². The van der Waals surface area contributed by atoms with Crippen molar-refractivity contribution >= 4 is 12.6 Å². The molecule has 0 aliphatic rings. The molecule has 1 aromatic carbocycles. The Morgan fingerprint density at radius 1 is 1.35 bits per heavy atom. The van der Waals surface area contributed by atoms with Crippen LogP contribution in [0.2, 0.25) is 0 Å². The van der Waals surface area contributed by atoms with Crippen LogP contribution in [0.3, 0.4) is 0 Å². The molecule has 0 fully saturated rings. The van der Waals surface area contributed by atoms with Crippen molar-refractivity contribution in [2.45, 2.75) is 6.92 Å². The van der Waals surface area contributed by atoms with E-state index in [1.54, 1.807) is 18.3 Å². The number of hydrazone groups is 1. The van der Waals surface area contributed by atoms with Crippen LogP contribution in [0, 0.1) is 18.8 Å². The van der Waals surface area contributed by atoms with Gasteiger partial charge in [0.15, 0.2) is 5.84 Å². The Kier molecular flexibility index (Phi) is 6.80. The highest BCUT2D eigenvalue weighted by molar-refractivity contribution is 6.01. The van der Waals surface area contributed by atoms with Crippen molar-refractivity contribution in [1.82, 2.24) is 5.01 Å². The Hall–Kier alpha value is -2.38. The fourth-order valence-electron chi connectivity index (χ4n) is 1.41. The number of aliphatic imine (C=N–C) groups is 1. The van der Waals surface area contributed by atoms with Gasteiger partial charge in [0.05, 0.1) is 0 Å². The summed E-state index contributed by atoms with van der Waals surface area (Å²) in [5.41, 5.74) is 2.09. The lowest BCUT2D eigenvalue weighted by Crippen LogP contribution is -2.13. The number of ether oxygens (including phenoxy) is 1. The molecule has 0 amide bonds. The van der Waals surface area contributed by atoms with Gasteiger partial charge in [-0.3, -0.25) is 5.01 Å². The lowest BCUT2D eigenvalue weighted by atomic mass is 10.1. The summed E-state index contributed by atoms with van der Waals surface area (Å²) in [5, 5.41) is 5.99. The van der Waals surface area contributed by atoms with Gasteiger partial charge in [0, 0.05) is 18.9 Å².